The predicted molar refractivity (Wildman–Crippen MR) is 116 cm³/mol. The van der Waals surface area contributed by atoms with Gasteiger partial charge in [0.05, 0.1) is 30.9 Å². The molecule has 7 heteroatoms. The highest BCUT2D eigenvalue weighted by molar-refractivity contribution is 7.22. The molecule has 0 saturated carbocycles. The third-order valence-corrected chi connectivity index (χ3v) is 6.28. The molecule has 0 spiro atoms. The van der Waals surface area contributed by atoms with Crippen molar-refractivity contribution in [1.82, 2.24) is 10.3 Å². The number of carbonyl (C=O) groups excluding carboxylic acids is 1. The van der Waals surface area contributed by atoms with Gasteiger partial charge in [0.2, 0.25) is 5.91 Å². The first kappa shape index (κ1) is 19.5. The molecular formula is C22H25N3O3S. The third kappa shape index (κ3) is 4.45. The molecular weight excluding hydrogens is 386 g/mol. The average molecular weight is 412 g/mol. The summed E-state index contributed by atoms with van der Waals surface area (Å²) in [4.78, 5) is 19.7. The Bertz CT molecular complexity index is 971. The summed E-state index contributed by atoms with van der Waals surface area (Å²) in [5, 5.41) is 4.22. The van der Waals surface area contributed by atoms with Gasteiger partial charge in [-0.2, -0.15) is 0 Å². The Morgan fingerprint density at radius 1 is 1.24 bits per heavy atom. The molecule has 1 atom stereocenters. The average Bonchev–Trinajstić information content (AvgIpc) is 3.18. The van der Waals surface area contributed by atoms with E-state index in [-0.39, 0.29) is 18.4 Å². The first-order valence-electron chi connectivity index (χ1n) is 9.77. The number of benzene rings is 2. The molecule has 6 nitrogen and oxygen atoms in total. The number of hydrogen-bond donors (Lipinski definition) is 1. The van der Waals surface area contributed by atoms with Crippen molar-refractivity contribution in [2.45, 2.75) is 25.3 Å². The summed E-state index contributed by atoms with van der Waals surface area (Å²) >= 11 is 1.71. The lowest BCUT2D eigenvalue weighted by atomic mass is 10.0. The number of fused-ring (bicyclic) bond motifs is 1. The summed E-state index contributed by atoms with van der Waals surface area (Å²) in [5.41, 5.74) is 1.85. The van der Waals surface area contributed by atoms with Gasteiger partial charge in [0.1, 0.15) is 11.5 Å². The molecule has 1 fully saturated rings. The molecule has 1 aliphatic heterocycles. The maximum absolute atomic E-state index is 12.7. The van der Waals surface area contributed by atoms with Crippen molar-refractivity contribution in [1.29, 1.82) is 0 Å². The van der Waals surface area contributed by atoms with Crippen LogP contribution in [0.3, 0.4) is 0 Å². The molecule has 4 rings (SSSR count). The number of methoxy groups -OCH3 is 2. The fraction of sp³-hybridized carbons (Fsp3) is 0.364. The Balaban J connectivity index is 1.41. The van der Waals surface area contributed by atoms with E-state index in [1.165, 1.54) is 4.70 Å². The van der Waals surface area contributed by atoms with Crippen molar-refractivity contribution in [2.75, 3.05) is 32.2 Å². The van der Waals surface area contributed by atoms with Gasteiger partial charge in [-0.15, -0.1) is 0 Å². The Hall–Kier alpha value is -2.80. The van der Waals surface area contributed by atoms with E-state index in [1.54, 1.807) is 25.6 Å². The number of hydrogen-bond acceptors (Lipinski definition) is 6. The van der Waals surface area contributed by atoms with Crippen molar-refractivity contribution < 1.29 is 14.3 Å². The number of aromatic nitrogens is 1. The number of piperidine rings is 1. The smallest absolute Gasteiger partial charge is 0.224 e. The number of nitrogens with one attached hydrogen (secondary N) is 1. The van der Waals surface area contributed by atoms with Crippen LogP contribution >= 0.6 is 11.3 Å². The number of rotatable bonds is 6. The van der Waals surface area contributed by atoms with E-state index in [1.807, 2.05) is 36.4 Å². The molecule has 0 aliphatic carbocycles. The molecule has 1 N–H and O–H groups in total. The highest BCUT2D eigenvalue weighted by Gasteiger charge is 2.24. The molecule has 1 unspecified atom stereocenters. The van der Waals surface area contributed by atoms with Crippen LogP contribution in [-0.4, -0.2) is 44.2 Å². The Morgan fingerprint density at radius 2 is 2.10 bits per heavy atom. The van der Waals surface area contributed by atoms with Crippen LogP contribution < -0.4 is 19.7 Å². The lowest BCUT2D eigenvalue weighted by Gasteiger charge is -2.33. The van der Waals surface area contributed by atoms with Crippen molar-refractivity contribution in [3.05, 3.63) is 48.0 Å². The number of para-hydroxylation sites is 1. The number of anilines is 1. The molecule has 2 aromatic carbocycles. The third-order valence-electron chi connectivity index (χ3n) is 5.18. The Kier molecular flexibility index (Phi) is 5.85. The van der Waals surface area contributed by atoms with Crippen molar-refractivity contribution >= 4 is 32.6 Å². The normalized spacial score (nSPS) is 16.6. The molecule has 1 aromatic heterocycles. The standard InChI is InChI=1S/C22H25N3O3S/c1-27-17-9-10-19(28-2)15(12-17)13-21(26)23-16-6-5-11-25(14-16)22-24-18-7-3-4-8-20(18)29-22/h3-4,7-10,12,16H,5-6,11,13-14H2,1-2H3,(H,23,26). The van der Waals surface area contributed by atoms with Crippen LogP contribution in [-0.2, 0) is 11.2 Å². The number of amides is 1. The van der Waals surface area contributed by atoms with Gasteiger partial charge in [0.25, 0.3) is 0 Å². The quantitative estimate of drug-likeness (QED) is 0.671. The van der Waals surface area contributed by atoms with Crippen molar-refractivity contribution in [3.63, 3.8) is 0 Å². The molecule has 152 valence electrons. The van der Waals surface area contributed by atoms with Crippen molar-refractivity contribution in [2.24, 2.45) is 0 Å². The van der Waals surface area contributed by atoms with Gasteiger partial charge in [-0.1, -0.05) is 23.5 Å². The fourth-order valence-corrected chi connectivity index (χ4v) is 4.74. The second kappa shape index (κ2) is 8.69. The summed E-state index contributed by atoms with van der Waals surface area (Å²) < 4.78 is 11.9. The highest BCUT2D eigenvalue weighted by Crippen LogP contribution is 2.30. The van der Waals surface area contributed by atoms with Crippen LogP contribution in [0.2, 0.25) is 0 Å². The monoisotopic (exact) mass is 411 g/mol. The van der Waals surface area contributed by atoms with Gasteiger partial charge in [0, 0.05) is 24.7 Å². The number of carbonyl (C=O) groups is 1. The summed E-state index contributed by atoms with van der Waals surface area (Å²) in [5.74, 6) is 1.40. The van der Waals surface area contributed by atoms with Crippen molar-refractivity contribution in [3.8, 4) is 11.5 Å². The summed E-state index contributed by atoms with van der Waals surface area (Å²) in [7, 11) is 3.23. The van der Waals surface area contributed by atoms with Gasteiger partial charge in [0.15, 0.2) is 5.13 Å². The van der Waals surface area contributed by atoms with E-state index in [0.29, 0.717) is 11.5 Å². The van der Waals surface area contributed by atoms with Crippen LogP contribution in [0.15, 0.2) is 42.5 Å². The minimum absolute atomic E-state index is 0.00676. The van der Waals surface area contributed by atoms with E-state index in [2.05, 4.69) is 16.3 Å². The molecule has 2 heterocycles. The predicted octanol–water partition coefficient (Wildman–Crippen LogP) is 3.64. The van der Waals surface area contributed by atoms with Crippen LogP contribution in [0.5, 0.6) is 11.5 Å². The van der Waals surface area contributed by atoms with E-state index >= 15 is 0 Å². The fourth-order valence-electron chi connectivity index (χ4n) is 3.74. The maximum atomic E-state index is 12.7. The SMILES string of the molecule is COc1ccc(OC)c(CC(=O)NC2CCCN(c3nc4ccccc4s3)C2)c1. The van der Waals surface area contributed by atoms with Gasteiger partial charge < -0.3 is 19.7 Å². The van der Waals surface area contributed by atoms with Gasteiger partial charge in [-0.3, -0.25) is 4.79 Å². The van der Waals surface area contributed by atoms with Gasteiger partial charge in [-0.25, -0.2) is 4.98 Å². The molecule has 0 radical (unpaired) electrons. The summed E-state index contributed by atoms with van der Waals surface area (Å²) in [6.45, 7) is 1.75. The van der Waals surface area contributed by atoms with E-state index in [0.717, 1.165) is 42.1 Å². The van der Waals surface area contributed by atoms with Crippen LogP contribution in [0, 0.1) is 0 Å². The summed E-state index contributed by atoms with van der Waals surface area (Å²) in [6, 6.07) is 13.8. The van der Waals surface area contributed by atoms with E-state index in [4.69, 9.17) is 14.5 Å². The highest BCUT2D eigenvalue weighted by atomic mass is 32.1. The lowest BCUT2D eigenvalue weighted by Crippen LogP contribution is -2.48. The zero-order chi connectivity index (χ0) is 20.2. The number of nitrogens with zero attached hydrogens (tertiary/aromatic N) is 2. The first-order chi connectivity index (χ1) is 14.2. The second-order valence-corrected chi connectivity index (χ2v) is 8.18. The first-order valence-corrected chi connectivity index (χ1v) is 10.6. The van der Waals surface area contributed by atoms with Gasteiger partial charge in [-0.05, 0) is 43.2 Å². The van der Waals surface area contributed by atoms with Crippen LogP contribution in [0.25, 0.3) is 10.2 Å². The van der Waals surface area contributed by atoms with E-state index in [9.17, 15) is 4.79 Å². The largest absolute Gasteiger partial charge is 0.497 e. The zero-order valence-electron chi connectivity index (χ0n) is 16.7. The number of thiazole rings is 1. The van der Waals surface area contributed by atoms with Crippen LogP contribution in [0.1, 0.15) is 18.4 Å². The Labute approximate surface area is 174 Å². The van der Waals surface area contributed by atoms with E-state index < -0.39 is 0 Å². The molecule has 0 bridgehead atoms. The maximum Gasteiger partial charge on any atom is 0.224 e. The molecule has 1 amide bonds. The molecule has 29 heavy (non-hydrogen) atoms. The lowest BCUT2D eigenvalue weighted by molar-refractivity contribution is -0.121. The summed E-state index contributed by atoms with van der Waals surface area (Å²) in [6.07, 6.45) is 2.27. The minimum Gasteiger partial charge on any atom is -0.497 e. The van der Waals surface area contributed by atoms with Gasteiger partial charge >= 0.3 is 0 Å². The molecule has 3 aromatic rings. The van der Waals surface area contributed by atoms with Crippen LogP contribution in [0.4, 0.5) is 5.13 Å². The second-order valence-electron chi connectivity index (χ2n) is 7.17. The zero-order valence-corrected chi connectivity index (χ0v) is 17.5. The molecule has 1 aliphatic rings. The molecule has 1 saturated heterocycles. The topological polar surface area (TPSA) is 63.7 Å². The minimum atomic E-state index is -0.00676. The Morgan fingerprint density at radius 3 is 2.90 bits per heavy atom. The number of ether oxygens (including phenoxy) is 2.